The number of fused-ring (bicyclic) bond motifs is 1. The molecule has 0 aromatic heterocycles. The van der Waals surface area contributed by atoms with E-state index in [1.807, 2.05) is 0 Å². The molecule has 2 heteroatoms. The maximum absolute atomic E-state index is 12.8. The second-order valence-corrected chi connectivity index (χ2v) is 4.88. The highest BCUT2D eigenvalue weighted by Crippen LogP contribution is 2.25. The van der Waals surface area contributed by atoms with Crippen molar-refractivity contribution in [3.05, 3.63) is 47.5 Å². The minimum Gasteiger partial charge on any atom is -0.293 e. The van der Waals surface area contributed by atoms with E-state index < -0.39 is 6.17 Å². The number of rotatable bonds is 2. The third kappa shape index (κ3) is 1.93. The number of hydrogen-bond donors (Lipinski definition) is 0. The van der Waals surface area contributed by atoms with Crippen LogP contribution in [0, 0.1) is 6.92 Å². The lowest BCUT2D eigenvalue weighted by Gasteiger charge is -2.34. The highest BCUT2D eigenvalue weighted by atomic mass is 19.1. The van der Waals surface area contributed by atoms with Crippen LogP contribution in [-0.4, -0.2) is 24.2 Å². The summed E-state index contributed by atoms with van der Waals surface area (Å²) in [5.74, 6) is 0. The molecule has 2 aromatic rings. The first-order valence-corrected chi connectivity index (χ1v) is 6.07. The van der Waals surface area contributed by atoms with E-state index >= 15 is 0 Å². The zero-order valence-electron chi connectivity index (χ0n) is 9.99. The smallest absolute Gasteiger partial charge is 0.125 e. The van der Waals surface area contributed by atoms with Crippen LogP contribution < -0.4 is 0 Å². The number of likely N-dealkylation sites (tertiary alicyclic amines) is 1. The van der Waals surface area contributed by atoms with E-state index in [1.54, 1.807) is 0 Å². The molecular weight excluding hydrogens is 213 g/mol. The molecule has 1 fully saturated rings. The van der Waals surface area contributed by atoms with Crippen LogP contribution in [-0.2, 0) is 6.54 Å². The molecule has 0 bridgehead atoms. The van der Waals surface area contributed by atoms with Crippen LogP contribution in [0.15, 0.2) is 36.4 Å². The van der Waals surface area contributed by atoms with Crippen LogP contribution in [0.25, 0.3) is 10.8 Å². The van der Waals surface area contributed by atoms with Gasteiger partial charge in [-0.3, -0.25) is 4.90 Å². The Morgan fingerprint density at radius 3 is 2.53 bits per heavy atom. The molecule has 0 N–H and O–H groups in total. The molecule has 88 valence electrons. The first kappa shape index (κ1) is 10.7. The molecule has 2 aromatic carbocycles. The molecule has 1 heterocycles. The molecule has 1 aliphatic rings. The molecule has 0 aliphatic carbocycles. The quantitative estimate of drug-likeness (QED) is 0.763. The van der Waals surface area contributed by atoms with Crippen LogP contribution >= 0.6 is 0 Å². The van der Waals surface area contributed by atoms with Gasteiger partial charge in [-0.05, 0) is 28.8 Å². The summed E-state index contributed by atoms with van der Waals surface area (Å²) in [5, 5.41) is 2.61. The van der Waals surface area contributed by atoms with E-state index in [2.05, 4.69) is 48.2 Å². The highest BCUT2D eigenvalue weighted by Gasteiger charge is 2.26. The lowest BCUT2D eigenvalue weighted by Crippen LogP contribution is -2.47. The highest BCUT2D eigenvalue weighted by molar-refractivity contribution is 5.88. The van der Waals surface area contributed by atoms with E-state index in [0.717, 1.165) is 6.54 Å². The molecule has 1 aliphatic heterocycles. The normalized spacial score (nSPS) is 17.3. The molecule has 3 rings (SSSR count). The van der Waals surface area contributed by atoms with Crippen molar-refractivity contribution in [2.75, 3.05) is 13.1 Å². The Balaban J connectivity index is 1.96. The maximum Gasteiger partial charge on any atom is 0.125 e. The van der Waals surface area contributed by atoms with Crippen molar-refractivity contribution in [2.45, 2.75) is 19.6 Å². The second-order valence-electron chi connectivity index (χ2n) is 4.88. The van der Waals surface area contributed by atoms with Gasteiger partial charge in [0.15, 0.2) is 0 Å². The standard InChI is InChI=1S/C15H16FN/c1-11-6-7-12(8-17-9-13(16)10-17)15-5-3-2-4-14(11)15/h2-7,13H,8-10H2,1H3. The van der Waals surface area contributed by atoms with Crippen LogP contribution in [0.4, 0.5) is 4.39 Å². The average Bonchev–Trinajstić information content (AvgIpc) is 2.31. The van der Waals surface area contributed by atoms with E-state index in [1.165, 1.54) is 21.9 Å². The first-order chi connectivity index (χ1) is 8.24. The van der Waals surface area contributed by atoms with Gasteiger partial charge in [0.05, 0.1) is 0 Å². The third-order valence-electron chi connectivity index (χ3n) is 3.54. The van der Waals surface area contributed by atoms with Crippen LogP contribution in [0.3, 0.4) is 0 Å². The van der Waals surface area contributed by atoms with Gasteiger partial charge in [-0.2, -0.15) is 0 Å². The average molecular weight is 229 g/mol. The summed E-state index contributed by atoms with van der Waals surface area (Å²) in [6, 6.07) is 12.8. The predicted molar refractivity (Wildman–Crippen MR) is 68.9 cm³/mol. The van der Waals surface area contributed by atoms with Crippen LogP contribution in [0.5, 0.6) is 0 Å². The fraction of sp³-hybridized carbons (Fsp3) is 0.333. The molecular formula is C15H16FN. The minimum absolute atomic E-state index is 0.586. The topological polar surface area (TPSA) is 3.24 Å². The van der Waals surface area contributed by atoms with Crippen molar-refractivity contribution in [1.29, 1.82) is 0 Å². The summed E-state index contributed by atoms with van der Waals surface area (Å²) in [6.07, 6.45) is -0.619. The fourth-order valence-electron chi connectivity index (χ4n) is 2.53. The number of aryl methyl sites for hydroxylation is 1. The summed E-state index contributed by atoms with van der Waals surface area (Å²) in [4.78, 5) is 2.15. The van der Waals surface area contributed by atoms with Crippen molar-refractivity contribution in [2.24, 2.45) is 0 Å². The van der Waals surface area contributed by atoms with Crippen molar-refractivity contribution in [1.82, 2.24) is 4.90 Å². The van der Waals surface area contributed by atoms with Gasteiger partial charge < -0.3 is 0 Å². The zero-order valence-corrected chi connectivity index (χ0v) is 9.99. The summed E-state index contributed by atoms with van der Waals surface area (Å²) >= 11 is 0. The molecule has 0 saturated carbocycles. The number of hydrogen-bond acceptors (Lipinski definition) is 1. The Morgan fingerprint density at radius 1 is 1.12 bits per heavy atom. The first-order valence-electron chi connectivity index (χ1n) is 6.07. The SMILES string of the molecule is Cc1ccc(CN2CC(F)C2)c2ccccc12. The van der Waals surface area contributed by atoms with Gasteiger partial charge in [0.2, 0.25) is 0 Å². The third-order valence-corrected chi connectivity index (χ3v) is 3.54. The lowest BCUT2D eigenvalue weighted by atomic mass is 9.99. The van der Waals surface area contributed by atoms with Gasteiger partial charge in [0.1, 0.15) is 6.17 Å². The van der Waals surface area contributed by atoms with Crippen LogP contribution in [0.2, 0.25) is 0 Å². The van der Waals surface area contributed by atoms with E-state index in [0.29, 0.717) is 13.1 Å². The minimum atomic E-state index is -0.619. The lowest BCUT2D eigenvalue weighted by molar-refractivity contribution is 0.0595. The summed E-state index contributed by atoms with van der Waals surface area (Å²) in [5.41, 5.74) is 2.61. The predicted octanol–water partition coefficient (Wildman–Crippen LogP) is 3.30. The Kier molecular flexibility index (Phi) is 2.60. The molecule has 17 heavy (non-hydrogen) atoms. The monoisotopic (exact) mass is 229 g/mol. The Labute approximate surface area is 101 Å². The van der Waals surface area contributed by atoms with E-state index in [4.69, 9.17) is 0 Å². The Morgan fingerprint density at radius 2 is 1.82 bits per heavy atom. The number of nitrogens with zero attached hydrogens (tertiary/aromatic N) is 1. The fourth-order valence-corrected chi connectivity index (χ4v) is 2.53. The molecule has 0 amide bonds. The van der Waals surface area contributed by atoms with E-state index in [-0.39, 0.29) is 0 Å². The van der Waals surface area contributed by atoms with Gasteiger partial charge in [0.25, 0.3) is 0 Å². The molecule has 0 unspecified atom stereocenters. The van der Waals surface area contributed by atoms with Crippen molar-refractivity contribution in [3.8, 4) is 0 Å². The number of halogens is 1. The summed E-state index contributed by atoms with van der Waals surface area (Å²) in [7, 11) is 0. The summed E-state index contributed by atoms with van der Waals surface area (Å²) in [6.45, 7) is 4.17. The molecule has 1 saturated heterocycles. The molecule has 0 spiro atoms. The number of benzene rings is 2. The van der Waals surface area contributed by atoms with Gasteiger partial charge in [-0.25, -0.2) is 4.39 Å². The Hall–Kier alpha value is -1.41. The van der Waals surface area contributed by atoms with Crippen LogP contribution in [0.1, 0.15) is 11.1 Å². The van der Waals surface area contributed by atoms with Gasteiger partial charge in [-0.1, -0.05) is 36.4 Å². The Bertz CT molecular complexity index is 544. The molecule has 0 radical (unpaired) electrons. The number of alkyl halides is 1. The van der Waals surface area contributed by atoms with Crippen molar-refractivity contribution in [3.63, 3.8) is 0 Å². The largest absolute Gasteiger partial charge is 0.293 e. The summed E-state index contributed by atoms with van der Waals surface area (Å²) < 4.78 is 12.8. The second kappa shape index (κ2) is 4.11. The van der Waals surface area contributed by atoms with Gasteiger partial charge in [0, 0.05) is 19.6 Å². The molecule has 1 nitrogen and oxygen atoms in total. The van der Waals surface area contributed by atoms with Gasteiger partial charge in [-0.15, -0.1) is 0 Å². The molecule has 0 atom stereocenters. The van der Waals surface area contributed by atoms with Gasteiger partial charge >= 0.3 is 0 Å². The zero-order chi connectivity index (χ0) is 11.8. The van der Waals surface area contributed by atoms with Crippen molar-refractivity contribution < 1.29 is 4.39 Å². The van der Waals surface area contributed by atoms with Crippen molar-refractivity contribution >= 4 is 10.8 Å². The maximum atomic E-state index is 12.8. The van der Waals surface area contributed by atoms with E-state index in [9.17, 15) is 4.39 Å².